The Kier molecular flexibility index (Phi) is 3.74. The van der Waals surface area contributed by atoms with Gasteiger partial charge in [0, 0.05) is 7.05 Å². The highest BCUT2D eigenvalue weighted by atomic mass is 32.1. The summed E-state index contributed by atoms with van der Waals surface area (Å²) in [5, 5.41) is 10.1. The summed E-state index contributed by atoms with van der Waals surface area (Å²) >= 11 is 4.76. The van der Waals surface area contributed by atoms with Crippen LogP contribution in [0.15, 0.2) is 18.5 Å². The number of carbonyl (C=O) groups is 1. The molecule has 1 amide bonds. The van der Waals surface area contributed by atoms with Crippen LogP contribution in [0, 0.1) is 0 Å². The molecule has 0 saturated heterocycles. The molecule has 74 valence electrons. The Morgan fingerprint density at radius 3 is 2.79 bits per heavy atom. The minimum atomic E-state index is -0.322. The van der Waals surface area contributed by atoms with Gasteiger partial charge in [-0.25, -0.2) is 0 Å². The van der Waals surface area contributed by atoms with Gasteiger partial charge in [-0.3, -0.25) is 15.6 Å². The molecule has 0 spiro atoms. The van der Waals surface area contributed by atoms with E-state index in [2.05, 4.69) is 26.4 Å². The molecule has 7 heteroatoms. The van der Waals surface area contributed by atoms with Gasteiger partial charge < -0.3 is 5.32 Å². The minimum Gasteiger partial charge on any atom is -0.364 e. The third-order valence-electron chi connectivity index (χ3n) is 1.36. The summed E-state index contributed by atoms with van der Waals surface area (Å²) in [6, 6.07) is 1.55. The SMILES string of the molecule is CNC(=S)NNC(=O)c1ccnnc1. The fraction of sp³-hybridized carbons (Fsp3) is 0.143. The zero-order valence-corrected chi connectivity index (χ0v) is 8.26. The van der Waals surface area contributed by atoms with Crippen molar-refractivity contribution >= 4 is 23.2 Å². The molecule has 0 aromatic carbocycles. The first-order valence-electron chi connectivity index (χ1n) is 3.79. The van der Waals surface area contributed by atoms with E-state index in [1.54, 1.807) is 13.1 Å². The molecule has 0 atom stereocenters. The molecule has 1 rings (SSSR count). The molecule has 0 unspecified atom stereocenters. The number of hydrogen-bond acceptors (Lipinski definition) is 4. The molecule has 0 fully saturated rings. The van der Waals surface area contributed by atoms with Crippen molar-refractivity contribution in [3.8, 4) is 0 Å². The van der Waals surface area contributed by atoms with Gasteiger partial charge in [0.2, 0.25) is 0 Å². The lowest BCUT2D eigenvalue weighted by Crippen LogP contribution is -2.45. The first kappa shape index (κ1) is 10.3. The average Bonchev–Trinajstić information content (AvgIpc) is 2.26. The van der Waals surface area contributed by atoms with Crippen LogP contribution in [-0.2, 0) is 0 Å². The third kappa shape index (κ3) is 2.94. The third-order valence-corrected chi connectivity index (χ3v) is 1.67. The van der Waals surface area contributed by atoms with Crippen LogP contribution in [0.1, 0.15) is 10.4 Å². The molecule has 1 heterocycles. The molecule has 0 radical (unpaired) electrons. The predicted octanol–water partition coefficient (Wildman–Crippen LogP) is -0.785. The highest BCUT2D eigenvalue weighted by Crippen LogP contribution is 1.91. The van der Waals surface area contributed by atoms with Crippen molar-refractivity contribution in [2.45, 2.75) is 0 Å². The van der Waals surface area contributed by atoms with E-state index in [0.717, 1.165) is 0 Å². The second-order valence-corrected chi connectivity index (χ2v) is 2.70. The molecule has 14 heavy (non-hydrogen) atoms. The second kappa shape index (κ2) is 5.07. The van der Waals surface area contributed by atoms with Crippen LogP contribution in [0.3, 0.4) is 0 Å². The number of aromatic nitrogens is 2. The highest BCUT2D eigenvalue weighted by Gasteiger charge is 2.04. The topological polar surface area (TPSA) is 78.9 Å². The van der Waals surface area contributed by atoms with Gasteiger partial charge in [-0.2, -0.15) is 10.2 Å². The zero-order chi connectivity index (χ0) is 10.4. The Hall–Kier alpha value is -1.76. The number of thiocarbonyl (C=S) groups is 1. The quantitative estimate of drug-likeness (QED) is 0.417. The lowest BCUT2D eigenvalue weighted by Gasteiger charge is -2.07. The van der Waals surface area contributed by atoms with E-state index in [1.807, 2.05) is 0 Å². The van der Waals surface area contributed by atoms with E-state index in [4.69, 9.17) is 12.2 Å². The van der Waals surface area contributed by atoms with E-state index < -0.39 is 0 Å². The second-order valence-electron chi connectivity index (χ2n) is 2.29. The summed E-state index contributed by atoms with van der Waals surface area (Å²) in [4.78, 5) is 11.3. The standard InChI is InChI=1S/C7H9N5OS/c1-8-7(14)12-11-6(13)5-2-3-9-10-4-5/h2-4H,1H3,(H,11,13)(H2,8,12,14). The number of hydrogen-bond donors (Lipinski definition) is 3. The Morgan fingerprint density at radius 1 is 1.43 bits per heavy atom. The first-order valence-corrected chi connectivity index (χ1v) is 4.19. The van der Waals surface area contributed by atoms with Gasteiger partial charge >= 0.3 is 0 Å². The van der Waals surface area contributed by atoms with Gasteiger partial charge in [0.05, 0.1) is 18.0 Å². The van der Waals surface area contributed by atoms with E-state index in [-0.39, 0.29) is 5.91 Å². The van der Waals surface area contributed by atoms with E-state index >= 15 is 0 Å². The van der Waals surface area contributed by atoms with Crippen LogP contribution < -0.4 is 16.2 Å². The van der Waals surface area contributed by atoms with Gasteiger partial charge in [-0.1, -0.05) is 0 Å². The Bertz CT molecular complexity index is 328. The highest BCUT2D eigenvalue weighted by molar-refractivity contribution is 7.80. The molecule has 1 aromatic rings. The largest absolute Gasteiger partial charge is 0.364 e. The molecule has 1 aromatic heterocycles. The Morgan fingerprint density at radius 2 is 2.21 bits per heavy atom. The van der Waals surface area contributed by atoms with Gasteiger partial charge in [-0.05, 0) is 18.3 Å². The molecule has 6 nitrogen and oxygen atoms in total. The number of amides is 1. The van der Waals surface area contributed by atoms with Crippen LogP contribution in [-0.4, -0.2) is 28.3 Å². The molecule has 0 saturated carbocycles. The van der Waals surface area contributed by atoms with Crippen LogP contribution in [0.2, 0.25) is 0 Å². The van der Waals surface area contributed by atoms with Crippen LogP contribution in [0.5, 0.6) is 0 Å². The Labute approximate surface area is 86.1 Å². The maximum absolute atomic E-state index is 11.3. The van der Waals surface area contributed by atoms with Crippen LogP contribution in [0.25, 0.3) is 0 Å². The number of nitrogens with zero attached hydrogens (tertiary/aromatic N) is 2. The fourth-order valence-electron chi connectivity index (χ4n) is 0.673. The van der Waals surface area contributed by atoms with Crippen molar-refractivity contribution in [3.05, 3.63) is 24.0 Å². The van der Waals surface area contributed by atoms with Crippen molar-refractivity contribution in [1.29, 1.82) is 0 Å². The summed E-state index contributed by atoms with van der Waals surface area (Å²) in [7, 11) is 1.65. The smallest absolute Gasteiger partial charge is 0.271 e. The number of hydrazine groups is 1. The Balaban J connectivity index is 2.48. The van der Waals surface area contributed by atoms with Gasteiger partial charge in [0.15, 0.2) is 5.11 Å². The molecule has 3 N–H and O–H groups in total. The molecule has 0 aliphatic carbocycles. The van der Waals surface area contributed by atoms with Crippen molar-refractivity contribution < 1.29 is 4.79 Å². The van der Waals surface area contributed by atoms with E-state index in [1.165, 1.54) is 12.4 Å². The number of rotatable bonds is 1. The lowest BCUT2D eigenvalue weighted by molar-refractivity contribution is 0.0943. The van der Waals surface area contributed by atoms with Gasteiger partial charge in [0.1, 0.15) is 0 Å². The van der Waals surface area contributed by atoms with E-state index in [0.29, 0.717) is 10.7 Å². The lowest BCUT2D eigenvalue weighted by atomic mass is 10.3. The summed E-state index contributed by atoms with van der Waals surface area (Å²) < 4.78 is 0. The van der Waals surface area contributed by atoms with Gasteiger partial charge in [0.25, 0.3) is 5.91 Å². The van der Waals surface area contributed by atoms with Gasteiger partial charge in [-0.15, -0.1) is 0 Å². The first-order chi connectivity index (χ1) is 6.74. The molecular weight excluding hydrogens is 202 g/mol. The van der Waals surface area contributed by atoms with Crippen molar-refractivity contribution in [2.75, 3.05) is 7.05 Å². The molecule has 0 aliphatic heterocycles. The number of carbonyl (C=O) groups excluding carboxylic acids is 1. The maximum atomic E-state index is 11.3. The van der Waals surface area contributed by atoms with Crippen molar-refractivity contribution in [2.24, 2.45) is 0 Å². The molecule has 0 bridgehead atoms. The van der Waals surface area contributed by atoms with E-state index in [9.17, 15) is 4.79 Å². The maximum Gasteiger partial charge on any atom is 0.271 e. The zero-order valence-electron chi connectivity index (χ0n) is 7.44. The number of nitrogens with one attached hydrogen (secondary N) is 3. The van der Waals surface area contributed by atoms with Crippen molar-refractivity contribution in [1.82, 2.24) is 26.4 Å². The van der Waals surface area contributed by atoms with Crippen LogP contribution in [0.4, 0.5) is 0 Å². The normalized spacial score (nSPS) is 8.93. The van der Waals surface area contributed by atoms with Crippen molar-refractivity contribution in [3.63, 3.8) is 0 Å². The summed E-state index contributed by atoms with van der Waals surface area (Å²) in [6.45, 7) is 0. The average molecular weight is 211 g/mol. The molecule has 0 aliphatic rings. The summed E-state index contributed by atoms with van der Waals surface area (Å²) in [5.74, 6) is -0.322. The monoisotopic (exact) mass is 211 g/mol. The summed E-state index contributed by atoms with van der Waals surface area (Å²) in [6.07, 6.45) is 2.80. The fourth-order valence-corrected chi connectivity index (χ4v) is 0.724. The van der Waals surface area contributed by atoms with Crippen LogP contribution >= 0.6 is 12.2 Å². The minimum absolute atomic E-state index is 0.322. The molecular formula is C7H9N5OS. The predicted molar refractivity (Wildman–Crippen MR) is 54.3 cm³/mol. The summed E-state index contributed by atoms with van der Waals surface area (Å²) in [5.41, 5.74) is 5.30.